The summed E-state index contributed by atoms with van der Waals surface area (Å²) in [5.74, 6) is 0.0488. The van der Waals surface area contributed by atoms with E-state index < -0.39 is 18.2 Å². The van der Waals surface area contributed by atoms with Crippen molar-refractivity contribution in [2.75, 3.05) is 19.8 Å². The summed E-state index contributed by atoms with van der Waals surface area (Å²) < 4.78 is 10.8. The minimum absolute atomic E-state index is 0.0115. The second-order valence-electron chi connectivity index (χ2n) is 12.0. The van der Waals surface area contributed by atoms with Crippen LogP contribution in [0.15, 0.2) is 107 Å². The number of hydrogen-bond donors (Lipinski definition) is 1. The summed E-state index contributed by atoms with van der Waals surface area (Å²) >= 11 is 0. The number of fused-ring (bicyclic) bond motifs is 6. The predicted octanol–water partition coefficient (Wildman–Crippen LogP) is 5.59. The highest BCUT2D eigenvalue weighted by Crippen LogP contribution is 2.45. The molecule has 250 valence electrons. The van der Waals surface area contributed by atoms with Crippen LogP contribution in [0.4, 0.5) is 0 Å². The molecule has 0 fully saturated rings. The lowest BCUT2D eigenvalue weighted by Crippen LogP contribution is -2.27. The molecule has 4 aromatic carbocycles. The van der Waals surface area contributed by atoms with E-state index in [0.717, 1.165) is 24.0 Å². The summed E-state index contributed by atoms with van der Waals surface area (Å²) in [5, 5.41) is 33.1. The molecular formula is C40H42N2O6-2. The van der Waals surface area contributed by atoms with Gasteiger partial charge in [0.2, 0.25) is 0 Å². The van der Waals surface area contributed by atoms with Gasteiger partial charge in [0.05, 0.1) is 12.6 Å². The van der Waals surface area contributed by atoms with Crippen LogP contribution in [-0.2, 0) is 14.3 Å². The average Bonchev–Trinajstić information content (AvgIpc) is 3.62. The molecule has 0 saturated carbocycles. The SMILES string of the molecule is CCC[C@@H](C=O)N=C([O-])OCC1c2ccccc2-c2ccccc21.CCC[C@@H](CO)N=C([O-])OCC1c2ccccc2-c2ccccc21. The van der Waals surface area contributed by atoms with E-state index in [1.165, 1.54) is 33.4 Å². The van der Waals surface area contributed by atoms with Gasteiger partial charge in [-0.3, -0.25) is 9.98 Å². The molecule has 2 atom stereocenters. The van der Waals surface area contributed by atoms with Crippen LogP contribution in [0.3, 0.4) is 0 Å². The van der Waals surface area contributed by atoms with E-state index in [2.05, 4.69) is 58.5 Å². The molecule has 8 heteroatoms. The first-order chi connectivity index (χ1) is 23.5. The third kappa shape index (κ3) is 7.94. The summed E-state index contributed by atoms with van der Waals surface area (Å²) in [6.45, 7) is 4.31. The minimum atomic E-state index is -0.664. The van der Waals surface area contributed by atoms with Gasteiger partial charge in [-0.25, -0.2) is 0 Å². The first kappa shape index (κ1) is 34.4. The van der Waals surface area contributed by atoms with Gasteiger partial charge in [-0.2, -0.15) is 0 Å². The molecule has 4 aromatic rings. The molecule has 48 heavy (non-hydrogen) atoms. The minimum Gasteiger partial charge on any atom is -0.599 e. The number of nitrogens with zero attached hydrogens (tertiary/aromatic N) is 2. The van der Waals surface area contributed by atoms with Crippen LogP contribution in [0.2, 0.25) is 0 Å². The number of carbonyl (C=O) groups is 1. The van der Waals surface area contributed by atoms with Crippen LogP contribution in [0.25, 0.3) is 22.3 Å². The van der Waals surface area contributed by atoms with E-state index in [1.807, 2.05) is 62.4 Å². The average molecular weight is 647 g/mol. The third-order valence-electron chi connectivity index (χ3n) is 8.81. The first-order valence-electron chi connectivity index (χ1n) is 16.7. The van der Waals surface area contributed by atoms with Crippen LogP contribution in [0.5, 0.6) is 0 Å². The van der Waals surface area contributed by atoms with Crippen molar-refractivity contribution in [3.8, 4) is 22.3 Å². The Hall–Kier alpha value is -4.95. The van der Waals surface area contributed by atoms with Crippen LogP contribution in [0.1, 0.15) is 73.6 Å². The summed E-state index contributed by atoms with van der Waals surface area (Å²) in [6, 6.07) is 31.8. The van der Waals surface area contributed by atoms with Crippen molar-refractivity contribution in [1.82, 2.24) is 0 Å². The van der Waals surface area contributed by atoms with Crippen molar-refractivity contribution in [2.24, 2.45) is 9.98 Å². The van der Waals surface area contributed by atoms with E-state index >= 15 is 0 Å². The predicted molar refractivity (Wildman–Crippen MR) is 185 cm³/mol. The van der Waals surface area contributed by atoms with Crippen LogP contribution >= 0.6 is 0 Å². The number of carbonyl (C=O) groups excluding carboxylic acids is 1. The van der Waals surface area contributed by atoms with Crippen molar-refractivity contribution >= 4 is 18.5 Å². The van der Waals surface area contributed by atoms with E-state index in [9.17, 15) is 20.1 Å². The fourth-order valence-electron chi connectivity index (χ4n) is 6.54. The van der Waals surface area contributed by atoms with Gasteiger partial charge < -0.3 is 29.6 Å². The van der Waals surface area contributed by atoms with Gasteiger partial charge in [0.15, 0.2) is 0 Å². The lowest BCUT2D eigenvalue weighted by atomic mass is 9.98. The molecule has 0 radical (unpaired) electrons. The zero-order valence-electron chi connectivity index (χ0n) is 27.5. The number of hydrogen-bond acceptors (Lipinski definition) is 8. The zero-order valence-corrected chi connectivity index (χ0v) is 27.5. The van der Waals surface area contributed by atoms with Crippen molar-refractivity contribution in [2.45, 2.75) is 63.5 Å². The zero-order chi connectivity index (χ0) is 33.9. The summed E-state index contributed by atoms with van der Waals surface area (Å²) in [4.78, 5) is 18.7. The molecule has 0 aliphatic heterocycles. The van der Waals surface area contributed by atoms with Gasteiger partial charge in [0.1, 0.15) is 24.5 Å². The highest BCUT2D eigenvalue weighted by Gasteiger charge is 2.28. The number of benzene rings is 4. The topological polar surface area (TPSA) is 127 Å². The molecule has 1 N–H and O–H groups in total. The van der Waals surface area contributed by atoms with Crippen molar-refractivity contribution in [3.63, 3.8) is 0 Å². The van der Waals surface area contributed by atoms with E-state index in [1.54, 1.807) is 0 Å². The third-order valence-corrected chi connectivity index (χ3v) is 8.81. The number of aldehydes is 1. The molecule has 0 saturated heterocycles. The van der Waals surface area contributed by atoms with Crippen LogP contribution < -0.4 is 10.2 Å². The fourth-order valence-corrected chi connectivity index (χ4v) is 6.54. The summed E-state index contributed by atoms with van der Waals surface area (Å²) in [7, 11) is 0. The number of ether oxygens (including phenoxy) is 2. The Morgan fingerprint density at radius 3 is 1.40 bits per heavy atom. The van der Waals surface area contributed by atoms with Crippen molar-refractivity contribution in [3.05, 3.63) is 119 Å². The molecule has 0 amide bonds. The van der Waals surface area contributed by atoms with Gasteiger partial charge in [-0.1, -0.05) is 124 Å². The van der Waals surface area contributed by atoms with E-state index in [0.29, 0.717) is 19.1 Å². The Labute approximate surface area is 282 Å². The molecular weight excluding hydrogens is 604 g/mol. The molecule has 8 nitrogen and oxygen atoms in total. The second-order valence-corrected chi connectivity index (χ2v) is 12.0. The number of aliphatic hydroxyl groups is 1. The molecule has 2 aliphatic rings. The monoisotopic (exact) mass is 646 g/mol. The number of rotatable bonds is 12. The molecule has 0 heterocycles. The maximum Gasteiger partial charge on any atom is 0.146 e. The quantitative estimate of drug-likeness (QED) is 0.121. The van der Waals surface area contributed by atoms with E-state index in [-0.39, 0.29) is 37.7 Å². The fraction of sp³-hybridized carbons (Fsp3) is 0.325. The normalized spacial score (nSPS) is 14.9. The van der Waals surface area contributed by atoms with Crippen molar-refractivity contribution in [1.29, 1.82) is 0 Å². The molecule has 2 aliphatic carbocycles. The Balaban J connectivity index is 0.000000188. The lowest BCUT2D eigenvalue weighted by molar-refractivity contribution is -0.252. The van der Waals surface area contributed by atoms with Gasteiger partial charge in [-0.15, -0.1) is 0 Å². The van der Waals surface area contributed by atoms with Crippen molar-refractivity contribution < 1.29 is 29.6 Å². The highest BCUT2D eigenvalue weighted by molar-refractivity contribution is 5.80. The molecule has 6 rings (SSSR count). The molecule has 0 unspecified atom stereocenters. The second kappa shape index (κ2) is 16.7. The Morgan fingerprint density at radius 2 is 1.04 bits per heavy atom. The molecule has 0 aromatic heterocycles. The molecule has 0 bridgehead atoms. The molecule has 0 spiro atoms. The maximum atomic E-state index is 12.0. The van der Waals surface area contributed by atoms with Gasteiger partial charge >= 0.3 is 0 Å². The van der Waals surface area contributed by atoms with Gasteiger partial charge in [-0.05, 0) is 57.3 Å². The van der Waals surface area contributed by atoms with Gasteiger partial charge in [0.25, 0.3) is 0 Å². The van der Waals surface area contributed by atoms with Crippen LogP contribution in [0, 0.1) is 0 Å². The summed E-state index contributed by atoms with van der Waals surface area (Å²) in [6.07, 6.45) is 2.35. The van der Waals surface area contributed by atoms with E-state index in [4.69, 9.17) is 9.47 Å². The maximum absolute atomic E-state index is 12.0. The first-order valence-corrected chi connectivity index (χ1v) is 16.7. The highest BCUT2D eigenvalue weighted by atomic mass is 16.6. The Bertz CT molecular complexity index is 1640. The van der Waals surface area contributed by atoms with Gasteiger partial charge in [0, 0.05) is 25.0 Å². The Morgan fingerprint density at radius 1 is 0.667 bits per heavy atom. The smallest absolute Gasteiger partial charge is 0.146 e. The summed E-state index contributed by atoms with van der Waals surface area (Å²) in [5.41, 5.74) is 9.44. The van der Waals surface area contributed by atoms with Crippen LogP contribution in [-0.4, -0.2) is 55.5 Å². The standard InChI is InChI=1S/C20H23NO3.C20H21NO3/c2*1-2-7-14(12-22)21-20(23)24-13-19-17-10-5-3-8-15(17)16-9-4-6-11-18(16)19/h3-6,8-11,14,19,22H,2,7,12-13H2,1H3,(H,21,23);3-6,8-12,14,19H,2,7,13H2,1H3,(H,21,23)/p-2/t2*14-/m00/s1. The number of aliphatic hydroxyl groups excluding tert-OH is 1. The number of aliphatic imine (C=N–C) groups is 2. The largest absolute Gasteiger partial charge is 0.599 e. The Kier molecular flexibility index (Phi) is 12.0. The lowest BCUT2D eigenvalue weighted by Gasteiger charge is -2.22.